The number of nitrogens with zero attached hydrogens (tertiary/aromatic N) is 3. The van der Waals surface area contributed by atoms with Gasteiger partial charge in [-0.25, -0.2) is 4.98 Å². The Labute approximate surface area is 167 Å². The SMILES string of the molecule is CN=C(NCCc1ccc(C)nc1)NCc1ncc(C(C)(C)C)o1.I. The van der Waals surface area contributed by atoms with E-state index in [1.54, 1.807) is 13.2 Å². The molecule has 0 aliphatic carbocycles. The summed E-state index contributed by atoms with van der Waals surface area (Å²) in [7, 11) is 1.75. The van der Waals surface area contributed by atoms with Crippen molar-refractivity contribution >= 4 is 29.9 Å². The minimum atomic E-state index is -0.0345. The monoisotopic (exact) mass is 457 g/mol. The predicted octanol–water partition coefficient (Wildman–Crippen LogP) is 3.20. The number of hydrogen-bond acceptors (Lipinski definition) is 4. The maximum absolute atomic E-state index is 5.76. The van der Waals surface area contributed by atoms with E-state index in [0.29, 0.717) is 12.4 Å². The normalized spacial score (nSPS) is 11.8. The van der Waals surface area contributed by atoms with Crippen LogP contribution in [0.3, 0.4) is 0 Å². The van der Waals surface area contributed by atoms with Gasteiger partial charge in [0.2, 0.25) is 5.89 Å². The number of hydrogen-bond donors (Lipinski definition) is 2. The van der Waals surface area contributed by atoms with Gasteiger partial charge in [0.25, 0.3) is 0 Å². The molecule has 0 radical (unpaired) electrons. The lowest BCUT2D eigenvalue weighted by molar-refractivity contribution is 0.379. The van der Waals surface area contributed by atoms with Crippen LogP contribution in [0.15, 0.2) is 33.9 Å². The Morgan fingerprint density at radius 2 is 1.92 bits per heavy atom. The lowest BCUT2D eigenvalue weighted by atomic mass is 9.94. The molecule has 0 saturated carbocycles. The van der Waals surface area contributed by atoms with Crippen LogP contribution in [0.25, 0.3) is 0 Å². The first kappa shape index (κ1) is 21.4. The molecule has 6 nitrogen and oxygen atoms in total. The number of pyridine rings is 1. The van der Waals surface area contributed by atoms with Crippen molar-refractivity contribution in [3.05, 3.63) is 47.4 Å². The van der Waals surface area contributed by atoms with E-state index in [1.165, 1.54) is 5.56 Å². The first-order valence-corrected chi connectivity index (χ1v) is 8.19. The summed E-state index contributed by atoms with van der Waals surface area (Å²) in [6.45, 7) is 9.58. The molecule has 138 valence electrons. The molecule has 0 bridgehead atoms. The Hall–Kier alpha value is -1.64. The van der Waals surface area contributed by atoms with E-state index in [9.17, 15) is 0 Å². The average molecular weight is 457 g/mol. The van der Waals surface area contributed by atoms with Gasteiger partial charge in [0.15, 0.2) is 5.96 Å². The molecule has 0 amide bonds. The molecule has 0 saturated heterocycles. The molecule has 7 heteroatoms. The van der Waals surface area contributed by atoms with Gasteiger partial charge >= 0.3 is 0 Å². The molecule has 0 atom stereocenters. The van der Waals surface area contributed by atoms with Gasteiger partial charge in [-0.3, -0.25) is 9.98 Å². The molecule has 0 aliphatic heterocycles. The summed E-state index contributed by atoms with van der Waals surface area (Å²) in [4.78, 5) is 12.8. The molecule has 2 heterocycles. The van der Waals surface area contributed by atoms with Crippen LogP contribution in [0.5, 0.6) is 0 Å². The summed E-state index contributed by atoms with van der Waals surface area (Å²) in [5.74, 6) is 2.27. The van der Waals surface area contributed by atoms with Crippen molar-refractivity contribution in [3.8, 4) is 0 Å². The largest absolute Gasteiger partial charge is 0.443 e. The van der Waals surface area contributed by atoms with Crippen molar-refractivity contribution in [2.45, 2.75) is 46.1 Å². The standard InChI is InChI=1S/C18H27N5O.HI/c1-13-6-7-14(10-21-13)8-9-20-17(19-5)23-12-16-22-11-15(24-16)18(2,3)4;/h6-7,10-11H,8-9,12H2,1-5H3,(H2,19,20,23);1H. The molecular weight excluding hydrogens is 429 g/mol. The van der Waals surface area contributed by atoms with Crippen LogP contribution in [0.2, 0.25) is 0 Å². The number of aromatic nitrogens is 2. The molecule has 2 rings (SSSR count). The summed E-state index contributed by atoms with van der Waals surface area (Å²) < 4.78 is 5.76. The highest BCUT2D eigenvalue weighted by molar-refractivity contribution is 14.0. The molecule has 0 unspecified atom stereocenters. The van der Waals surface area contributed by atoms with Crippen LogP contribution in [0.4, 0.5) is 0 Å². The summed E-state index contributed by atoms with van der Waals surface area (Å²) in [5, 5.41) is 6.49. The number of rotatable bonds is 5. The van der Waals surface area contributed by atoms with E-state index in [-0.39, 0.29) is 29.4 Å². The summed E-state index contributed by atoms with van der Waals surface area (Å²) >= 11 is 0. The van der Waals surface area contributed by atoms with Gasteiger partial charge < -0.3 is 15.1 Å². The second-order valence-electron chi connectivity index (χ2n) is 6.78. The highest BCUT2D eigenvalue weighted by atomic mass is 127. The van der Waals surface area contributed by atoms with E-state index in [1.807, 2.05) is 19.2 Å². The van der Waals surface area contributed by atoms with Crippen LogP contribution < -0.4 is 10.6 Å². The van der Waals surface area contributed by atoms with Crippen molar-refractivity contribution in [2.75, 3.05) is 13.6 Å². The summed E-state index contributed by atoms with van der Waals surface area (Å²) in [5.41, 5.74) is 2.20. The molecule has 0 aromatic carbocycles. The molecule has 0 fully saturated rings. The Bertz CT molecular complexity index is 674. The van der Waals surface area contributed by atoms with Crippen LogP contribution in [-0.2, 0) is 18.4 Å². The van der Waals surface area contributed by atoms with Crippen LogP contribution >= 0.6 is 24.0 Å². The molecule has 0 aliphatic rings. The zero-order valence-electron chi connectivity index (χ0n) is 15.6. The highest BCUT2D eigenvalue weighted by Crippen LogP contribution is 2.22. The first-order valence-electron chi connectivity index (χ1n) is 8.19. The Kier molecular flexibility index (Phi) is 8.34. The second-order valence-corrected chi connectivity index (χ2v) is 6.78. The van der Waals surface area contributed by atoms with Gasteiger partial charge in [0.05, 0.1) is 12.7 Å². The quantitative estimate of drug-likeness (QED) is 0.410. The van der Waals surface area contributed by atoms with Crippen molar-refractivity contribution in [2.24, 2.45) is 4.99 Å². The van der Waals surface area contributed by atoms with E-state index in [2.05, 4.69) is 52.4 Å². The highest BCUT2D eigenvalue weighted by Gasteiger charge is 2.19. The predicted molar refractivity (Wildman–Crippen MR) is 111 cm³/mol. The van der Waals surface area contributed by atoms with Crippen LogP contribution in [-0.4, -0.2) is 29.5 Å². The average Bonchev–Trinajstić information content (AvgIpc) is 3.01. The van der Waals surface area contributed by atoms with Crippen molar-refractivity contribution in [3.63, 3.8) is 0 Å². The third-order valence-electron chi connectivity index (χ3n) is 3.60. The molecule has 2 N–H and O–H groups in total. The third-order valence-corrected chi connectivity index (χ3v) is 3.60. The van der Waals surface area contributed by atoms with E-state index < -0.39 is 0 Å². The van der Waals surface area contributed by atoms with Crippen molar-refractivity contribution in [1.29, 1.82) is 0 Å². The fourth-order valence-corrected chi connectivity index (χ4v) is 2.09. The number of halogens is 1. The number of aliphatic imine (C=N–C) groups is 1. The maximum Gasteiger partial charge on any atom is 0.213 e. The topological polar surface area (TPSA) is 75.3 Å². The van der Waals surface area contributed by atoms with Crippen molar-refractivity contribution in [1.82, 2.24) is 20.6 Å². The minimum absolute atomic E-state index is 0. The maximum atomic E-state index is 5.76. The van der Waals surface area contributed by atoms with Crippen LogP contribution in [0.1, 0.15) is 43.7 Å². The van der Waals surface area contributed by atoms with E-state index in [0.717, 1.165) is 30.4 Å². The number of aryl methyl sites for hydroxylation is 1. The van der Waals surface area contributed by atoms with E-state index >= 15 is 0 Å². The second kappa shape index (κ2) is 9.74. The number of oxazole rings is 1. The minimum Gasteiger partial charge on any atom is -0.443 e. The lowest BCUT2D eigenvalue weighted by Gasteiger charge is -2.13. The van der Waals surface area contributed by atoms with Gasteiger partial charge in [-0.05, 0) is 25.0 Å². The smallest absolute Gasteiger partial charge is 0.213 e. The zero-order valence-corrected chi connectivity index (χ0v) is 17.9. The number of nitrogens with one attached hydrogen (secondary N) is 2. The number of guanidine groups is 1. The zero-order chi connectivity index (χ0) is 17.6. The molecular formula is C18H28IN5O. The molecule has 0 spiro atoms. The Morgan fingerprint density at radius 3 is 2.48 bits per heavy atom. The molecule has 2 aromatic rings. The van der Waals surface area contributed by atoms with Crippen LogP contribution in [0, 0.1) is 6.92 Å². The van der Waals surface area contributed by atoms with Gasteiger partial charge in [-0.2, -0.15) is 0 Å². The Balaban J connectivity index is 0.00000312. The van der Waals surface area contributed by atoms with Gasteiger partial charge in [0, 0.05) is 30.9 Å². The van der Waals surface area contributed by atoms with Gasteiger partial charge in [0.1, 0.15) is 5.76 Å². The fourth-order valence-electron chi connectivity index (χ4n) is 2.09. The van der Waals surface area contributed by atoms with Gasteiger partial charge in [-0.1, -0.05) is 26.8 Å². The Morgan fingerprint density at radius 1 is 1.16 bits per heavy atom. The van der Waals surface area contributed by atoms with Gasteiger partial charge in [-0.15, -0.1) is 24.0 Å². The fraction of sp³-hybridized carbons (Fsp3) is 0.500. The molecule has 25 heavy (non-hydrogen) atoms. The summed E-state index contributed by atoms with van der Waals surface area (Å²) in [6.07, 6.45) is 4.59. The van der Waals surface area contributed by atoms with Crippen molar-refractivity contribution < 1.29 is 4.42 Å². The molecule has 2 aromatic heterocycles. The lowest BCUT2D eigenvalue weighted by Crippen LogP contribution is -2.37. The first-order chi connectivity index (χ1) is 11.4. The van der Waals surface area contributed by atoms with E-state index in [4.69, 9.17) is 4.42 Å². The third kappa shape index (κ3) is 7.01. The summed E-state index contributed by atoms with van der Waals surface area (Å²) in [6, 6.07) is 4.12.